The number of likely N-dealkylation sites (N-methyl/N-ethyl adjacent to an activating group) is 1. The highest BCUT2D eigenvalue weighted by molar-refractivity contribution is 5.58. The number of nitrogens with one attached hydrogen (secondary N) is 1. The van der Waals surface area contributed by atoms with Crippen LogP contribution in [0.4, 0.5) is 5.69 Å². The first-order valence-corrected chi connectivity index (χ1v) is 4.91. The van der Waals surface area contributed by atoms with Gasteiger partial charge in [-0.1, -0.05) is 12.1 Å². The Hall–Kier alpha value is -1.61. The van der Waals surface area contributed by atoms with Crippen LogP contribution >= 0.6 is 0 Å². The zero-order chi connectivity index (χ0) is 12.1. The van der Waals surface area contributed by atoms with Crippen molar-refractivity contribution in [2.45, 2.75) is 12.2 Å². The molecule has 0 saturated carbocycles. The quantitative estimate of drug-likeness (QED) is 0.525. The second kappa shape index (κ2) is 5.47. The fraction of sp³-hybridized carbons (Fsp3) is 0.364. The van der Waals surface area contributed by atoms with E-state index in [9.17, 15) is 10.2 Å². The molecule has 0 amide bonds. The molecule has 5 heteroatoms. The van der Waals surface area contributed by atoms with Gasteiger partial charge in [0.2, 0.25) is 0 Å². The summed E-state index contributed by atoms with van der Waals surface area (Å²) in [6.07, 6.45) is -2.09. The van der Waals surface area contributed by atoms with E-state index in [2.05, 4.69) is 5.32 Å². The van der Waals surface area contributed by atoms with Gasteiger partial charge in [-0.15, -0.1) is 0 Å². The maximum Gasteiger partial charge on any atom is 0.107 e. The summed E-state index contributed by atoms with van der Waals surface area (Å²) < 4.78 is 0. The van der Waals surface area contributed by atoms with Gasteiger partial charge in [-0.2, -0.15) is 5.26 Å². The molecule has 0 heterocycles. The number of aliphatic hydroxyl groups is 2. The lowest BCUT2D eigenvalue weighted by Gasteiger charge is -2.19. The summed E-state index contributed by atoms with van der Waals surface area (Å²) in [6, 6.07) is 6.73. The average molecular weight is 221 g/mol. The molecule has 16 heavy (non-hydrogen) atoms. The molecule has 0 aliphatic carbocycles. The highest BCUT2D eigenvalue weighted by atomic mass is 16.3. The van der Waals surface area contributed by atoms with E-state index in [1.807, 2.05) is 6.07 Å². The van der Waals surface area contributed by atoms with E-state index in [-0.39, 0.29) is 12.1 Å². The van der Waals surface area contributed by atoms with Crippen molar-refractivity contribution in [1.82, 2.24) is 5.32 Å². The van der Waals surface area contributed by atoms with Crippen LogP contribution in [0, 0.1) is 11.3 Å². The summed E-state index contributed by atoms with van der Waals surface area (Å²) in [5, 5.41) is 31.1. The Balaban J connectivity index is 3.04. The Kier molecular flexibility index (Phi) is 4.26. The van der Waals surface area contributed by atoms with Crippen molar-refractivity contribution in [1.29, 1.82) is 5.26 Å². The Morgan fingerprint density at radius 2 is 2.19 bits per heavy atom. The van der Waals surface area contributed by atoms with Crippen LogP contribution in [0.25, 0.3) is 0 Å². The van der Waals surface area contributed by atoms with Gasteiger partial charge in [-0.3, -0.25) is 0 Å². The molecule has 0 aliphatic rings. The van der Waals surface area contributed by atoms with Gasteiger partial charge in [0.15, 0.2) is 0 Å². The largest absolute Gasteiger partial charge is 0.398 e. The van der Waals surface area contributed by atoms with E-state index < -0.39 is 12.2 Å². The summed E-state index contributed by atoms with van der Waals surface area (Å²) in [5.41, 5.74) is 6.48. The van der Waals surface area contributed by atoms with Crippen molar-refractivity contribution in [3.63, 3.8) is 0 Å². The van der Waals surface area contributed by atoms with E-state index in [0.29, 0.717) is 11.3 Å². The van der Waals surface area contributed by atoms with Gasteiger partial charge in [0.25, 0.3) is 0 Å². The van der Waals surface area contributed by atoms with Crippen molar-refractivity contribution in [3.05, 3.63) is 29.3 Å². The summed E-state index contributed by atoms with van der Waals surface area (Å²) in [6.45, 7) is 0.237. The molecular weight excluding hydrogens is 206 g/mol. The van der Waals surface area contributed by atoms with Gasteiger partial charge in [0.1, 0.15) is 12.2 Å². The van der Waals surface area contributed by atoms with Crippen molar-refractivity contribution in [2.75, 3.05) is 19.3 Å². The van der Waals surface area contributed by atoms with Crippen molar-refractivity contribution >= 4 is 5.69 Å². The molecule has 5 N–H and O–H groups in total. The Bertz CT molecular complexity index is 401. The third-order valence-corrected chi connectivity index (χ3v) is 2.34. The minimum Gasteiger partial charge on any atom is -0.398 e. The highest BCUT2D eigenvalue weighted by Crippen LogP contribution is 2.24. The monoisotopic (exact) mass is 221 g/mol. The minimum absolute atomic E-state index is 0.213. The predicted molar refractivity (Wildman–Crippen MR) is 60.5 cm³/mol. The molecule has 0 spiro atoms. The number of nitrogens with zero attached hydrogens (tertiary/aromatic N) is 1. The normalized spacial score (nSPS) is 14.1. The molecule has 0 fully saturated rings. The summed E-state index contributed by atoms with van der Waals surface area (Å²) >= 11 is 0. The van der Waals surface area contributed by atoms with Crippen LogP contribution in [0.15, 0.2) is 18.2 Å². The van der Waals surface area contributed by atoms with Gasteiger partial charge in [-0.25, -0.2) is 0 Å². The zero-order valence-electron chi connectivity index (χ0n) is 9.01. The fourth-order valence-electron chi connectivity index (χ4n) is 1.49. The zero-order valence-corrected chi connectivity index (χ0v) is 9.01. The molecule has 1 rings (SSSR count). The molecule has 2 unspecified atom stereocenters. The molecule has 1 aromatic rings. The number of aliphatic hydroxyl groups excluding tert-OH is 2. The van der Waals surface area contributed by atoms with Crippen LogP contribution in [0.1, 0.15) is 17.2 Å². The van der Waals surface area contributed by atoms with Crippen molar-refractivity contribution in [3.8, 4) is 6.07 Å². The lowest BCUT2D eigenvalue weighted by Crippen LogP contribution is -2.30. The molecule has 0 radical (unpaired) electrons. The number of benzene rings is 1. The highest BCUT2D eigenvalue weighted by Gasteiger charge is 2.21. The molecule has 0 aliphatic heterocycles. The van der Waals surface area contributed by atoms with Gasteiger partial charge < -0.3 is 21.3 Å². The number of nitrogen functional groups attached to an aromatic ring is 1. The second-order valence-electron chi connectivity index (χ2n) is 3.49. The lowest BCUT2D eigenvalue weighted by atomic mass is 9.98. The number of hydrogen-bond donors (Lipinski definition) is 4. The van der Waals surface area contributed by atoms with Crippen LogP contribution < -0.4 is 11.1 Å². The van der Waals surface area contributed by atoms with Crippen molar-refractivity contribution < 1.29 is 10.2 Å². The van der Waals surface area contributed by atoms with E-state index in [4.69, 9.17) is 11.0 Å². The van der Waals surface area contributed by atoms with E-state index in [1.54, 1.807) is 25.2 Å². The Morgan fingerprint density at radius 3 is 2.75 bits per heavy atom. The van der Waals surface area contributed by atoms with E-state index >= 15 is 0 Å². The summed E-state index contributed by atoms with van der Waals surface area (Å²) in [5.74, 6) is 0. The summed E-state index contributed by atoms with van der Waals surface area (Å²) in [4.78, 5) is 0. The Labute approximate surface area is 94.1 Å². The second-order valence-corrected chi connectivity index (χ2v) is 3.49. The number of anilines is 1. The molecular formula is C11H15N3O2. The van der Waals surface area contributed by atoms with Gasteiger partial charge in [0, 0.05) is 17.8 Å². The van der Waals surface area contributed by atoms with Crippen LogP contribution in [0.5, 0.6) is 0 Å². The number of nitriles is 1. The van der Waals surface area contributed by atoms with Gasteiger partial charge >= 0.3 is 0 Å². The first-order valence-electron chi connectivity index (χ1n) is 4.91. The third-order valence-electron chi connectivity index (χ3n) is 2.34. The van der Waals surface area contributed by atoms with Gasteiger partial charge in [0.05, 0.1) is 11.7 Å². The molecule has 0 aromatic heterocycles. The Morgan fingerprint density at radius 1 is 1.50 bits per heavy atom. The van der Waals surface area contributed by atoms with Crippen molar-refractivity contribution in [2.24, 2.45) is 0 Å². The summed E-state index contributed by atoms with van der Waals surface area (Å²) in [7, 11) is 1.67. The predicted octanol–water partition coefficient (Wildman–Crippen LogP) is -0.246. The van der Waals surface area contributed by atoms with E-state index in [1.165, 1.54) is 0 Å². The first kappa shape index (κ1) is 12.5. The molecule has 0 bridgehead atoms. The lowest BCUT2D eigenvalue weighted by molar-refractivity contribution is 0.0201. The number of hydrogen-bond acceptors (Lipinski definition) is 5. The third kappa shape index (κ3) is 2.49. The molecule has 5 nitrogen and oxygen atoms in total. The fourth-order valence-corrected chi connectivity index (χ4v) is 1.49. The van der Waals surface area contributed by atoms with Crippen LogP contribution in [-0.4, -0.2) is 29.9 Å². The van der Waals surface area contributed by atoms with Crippen LogP contribution in [0.3, 0.4) is 0 Å². The molecule has 2 atom stereocenters. The minimum atomic E-state index is -1.12. The molecule has 0 saturated heterocycles. The molecule has 86 valence electrons. The standard InChI is InChI=1S/C11H15N3O2/c1-14-6-10(15)11(16)7-3-2-4-9(13)8(7)5-12/h2-4,10-11,14-16H,6,13H2,1H3. The topological polar surface area (TPSA) is 102 Å². The van der Waals surface area contributed by atoms with Crippen LogP contribution in [0.2, 0.25) is 0 Å². The maximum atomic E-state index is 9.86. The van der Waals surface area contributed by atoms with Crippen LogP contribution in [-0.2, 0) is 0 Å². The number of nitrogens with two attached hydrogens (primary N) is 1. The molecule has 1 aromatic carbocycles. The average Bonchev–Trinajstić information content (AvgIpc) is 2.28. The van der Waals surface area contributed by atoms with Gasteiger partial charge in [-0.05, 0) is 13.1 Å². The smallest absolute Gasteiger partial charge is 0.107 e. The SMILES string of the molecule is CNCC(O)C(O)c1cccc(N)c1C#N. The van der Waals surface area contributed by atoms with E-state index in [0.717, 1.165) is 0 Å². The first-order chi connectivity index (χ1) is 7.61. The maximum absolute atomic E-state index is 9.86. The number of rotatable bonds is 4.